The van der Waals surface area contributed by atoms with Crippen molar-refractivity contribution < 1.29 is 42.0 Å². The minimum Gasteiger partial charge on any atom is -0.517 e. The molecule has 0 N–H and O–H groups in total. The maximum absolute atomic E-state index is 5.63. The monoisotopic (exact) mass is 436 g/mol. The molecule has 0 bridgehead atoms. The number of rotatable bonds is 4. The van der Waals surface area contributed by atoms with Gasteiger partial charge in [0.15, 0.2) is 0 Å². The standard InChI is InChI=1S/C22H23N2O2.Y/c1-14(2)25-17-12-10-16(11-13-17)22-23-21(24-26-22)20-9-5-7-18-15(3)6-4-8-19(18)20;/h5,7,9-12,14-15H,4,6,8H2,1-3H3;/q-1;/t15-;/m1./s1. The molecule has 0 amide bonds. The summed E-state index contributed by atoms with van der Waals surface area (Å²) in [4.78, 5) is 4.64. The Kier molecular flexibility index (Phi) is 6.49. The number of hydrogen-bond donors (Lipinski definition) is 0. The van der Waals surface area contributed by atoms with Gasteiger partial charge in [0.05, 0.1) is 6.10 Å². The van der Waals surface area contributed by atoms with Crippen LogP contribution in [0.4, 0.5) is 0 Å². The van der Waals surface area contributed by atoms with Crippen molar-refractivity contribution in [3.8, 4) is 28.6 Å². The third-order valence-corrected chi connectivity index (χ3v) is 4.87. The molecule has 0 saturated carbocycles. The van der Waals surface area contributed by atoms with Gasteiger partial charge in [-0.25, -0.2) is 0 Å². The van der Waals surface area contributed by atoms with Gasteiger partial charge in [0, 0.05) is 44.0 Å². The number of aromatic nitrogens is 2. The molecule has 1 aromatic heterocycles. The average Bonchev–Trinajstić information content (AvgIpc) is 3.12. The van der Waals surface area contributed by atoms with Gasteiger partial charge >= 0.3 is 0 Å². The molecule has 137 valence electrons. The van der Waals surface area contributed by atoms with Crippen LogP contribution < -0.4 is 4.74 Å². The van der Waals surface area contributed by atoms with Gasteiger partial charge in [-0.1, -0.05) is 35.8 Å². The summed E-state index contributed by atoms with van der Waals surface area (Å²) in [5.41, 5.74) is 4.72. The van der Waals surface area contributed by atoms with Crippen LogP contribution in [0.3, 0.4) is 0 Å². The second-order valence-electron chi connectivity index (χ2n) is 7.20. The van der Waals surface area contributed by atoms with Crippen molar-refractivity contribution in [2.45, 2.75) is 52.1 Å². The van der Waals surface area contributed by atoms with E-state index in [4.69, 9.17) is 9.26 Å². The summed E-state index contributed by atoms with van der Waals surface area (Å²) < 4.78 is 11.2. The molecule has 5 heteroatoms. The summed E-state index contributed by atoms with van der Waals surface area (Å²) in [6.45, 7) is 6.28. The van der Waals surface area contributed by atoms with Gasteiger partial charge in [-0.3, -0.25) is 0 Å². The van der Waals surface area contributed by atoms with E-state index in [-0.39, 0.29) is 38.8 Å². The molecular weight excluding hydrogens is 413 g/mol. The summed E-state index contributed by atoms with van der Waals surface area (Å²) in [5.74, 6) is 2.48. The molecule has 0 unspecified atom stereocenters. The molecule has 1 radical (unpaired) electrons. The Balaban J connectivity index is 0.00000210. The summed E-state index contributed by atoms with van der Waals surface area (Å²) in [6.07, 6.45) is 3.66. The zero-order chi connectivity index (χ0) is 18.1. The first-order valence-corrected chi connectivity index (χ1v) is 9.26. The Labute approximate surface area is 185 Å². The van der Waals surface area contributed by atoms with Crippen LogP contribution in [0.15, 0.2) is 40.9 Å². The summed E-state index contributed by atoms with van der Waals surface area (Å²) in [6, 6.07) is 15.2. The minimum absolute atomic E-state index is 0. The number of ether oxygens (including phenoxy) is 1. The smallest absolute Gasteiger partial charge is 0.202 e. The van der Waals surface area contributed by atoms with E-state index in [1.54, 1.807) is 0 Å². The molecule has 4 nitrogen and oxygen atoms in total. The summed E-state index contributed by atoms with van der Waals surface area (Å²) in [7, 11) is 0. The van der Waals surface area contributed by atoms with E-state index >= 15 is 0 Å². The third kappa shape index (κ3) is 4.33. The number of benzene rings is 2. The molecule has 0 aliphatic heterocycles. The fourth-order valence-electron chi connectivity index (χ4n) is 3.62. The van der Waals surface area contributed by atoms with Crippen LogP contribution in [0, 0.1) is 6.07 Å². The molecule has 0 saturated heterocycles. The molecule has 1 aliphatic carbocycles. The molecule has 4 rings (SSSR count). The Morgan fingerprint density at radius 2 is 2.07 bits per heavy atom. The van der Waals surface area contributed by atoms with Gasteiger partial charge in [-0.05, 0) is 50.2 Å². The van der Waals surface area contributed by atoms with Gasteiger partial charge in [0.1, 0.15) is 0 Å². The van der Waals surface area contributed by atoms with Crippen molar-refractivity contribution in [2.75, 3.05) is 0 Å². The maximum atomic E-state index is 5.63. The van der Waals surface area contributed by atoms with E-state index in [1.807, 2.05) is 32.0 Å². The van der Waals surface area contributed by atoms with E-state index < -0.39 is 0 Å². The van der Waals surface area contributed by atoms with Crippen molar-refractivity contribution in [3.05, 3.63) is 53.6 Å². The topological polar surface area (TPSA) is 48.2 Å². The molecule has 1 heterocycles. The average molecular weight is 436 g/mol. The van der Waals surface area contributed by atoms with E-state index in [0.717, 1.165) is 23.3 Å². The first-order chi connectivity index (χ1) is 12.6. The molecule has 0 fully saturated rings. The van der Waals surface area contributed by atoms with E-state index in [1.165, 1.54) is 24.0 Å². The molecule has 0 spiro atoms. The number of hydrogen-bond acceptors (Lipinski definition) is 4. The first-order valence-electron chi connectivity index (χ1n) is 9.26. The predicted molar refractivity (Wildman–Crippen MR) is 101 cm³/mol. The van der Waals surface area contributed by atoms with Crippen LogP contribution in [0.5, 0.6) is 5.75 Å². The van der Waals surface area contributed by atoms with Gasteiger partial charge in [-0.2, -0.15) is 17.1 Å². The number of nitrogens with zero attached hydrogens (tertiary/aromatic N) is 2. The van der Waals surface area contributed by atoms with E-state index in [2.05, 4.69) is 41.3 Å². The molecule has 2 aromatic carbocycles. The Morgan fingerprint density at radius 1 is 1.22 bits per heavy atom. The third-order valence-electron chi connectivity index (χ3n) is 4.87. The van der Waals surface area contributed by atoms with Crippen LogP contribution in [0.1, 0.15) is 50.7 Å². The van der Waals surface area contributed by atoms with Crippen LogP contribution in [-0.4, -0.2) is 16.2 Å². The summed E-state index contributed by atoms with van der Waals surface area (Å²) >= 11 is 0. The molecule has 1 aliphatic rings. The Morgan fingerprint density at radius 3 is 2.81 bits per heavy atom. The predicted octanol–water partition coefficient (Wildman–Crippen LogP) is 5.43. The fourth-order valence-corrected chi connectivity index (χ4v) is 3.62. The maximum Gasteiger partial charge on any atom is 0.202 e. The summed E-state index contributed by atoms with van der Waals surface area (Å²) in [5, 5.41) is 4.24. The Bertz CT molecular complexity index is 903. The minimum atomic E-state index is 0. The van der Waals surface area contributed by atoms with Crippen LogP contribution in [-0.2, 0) is 39.1 Å². The normalized spacial score (nSPS) is 15.9. The van der Waals surface area contributed by atoms with Gasteiger partial charge in [0.2, 0.25) is 11.7 Å². The van der Waals surface area contributed by atoms with Gasteiger partial charge < -0.3 is 9.26 Å². The van der Waals surface area contributed by atoms with Crippen molar-refractivity contribution >= 4 is 0 Å². The Hall–Kier alpha value is -1.52. The second kappa shape index (κ2) is 8.66. The van der Waals surface area contributed by atoms with Crippen molar-refractivity contribution in [3.63, 3.8) is 0 Å². The zero-order valence-corrected chi connectivity index (χ0v) is 18.9. The number of fused-ring (bicyclic) bond motifs is 1. The van der Waals surface area contributed by atoms with Gasteiger partial charge in [-0.15, -0.1) is 12.1 Å². The first kappa shape index (κ1) is 20.2. The molecule has 27 heavy (non-hydrogen) atoms. The molecule has 1 atom stereocenters. The van der Waals surface area contributed by atoms with Crippen molar-refractivity contribution in [1.29, 1.82) is 0 Å². The van der Waals surface area contributed by atoms with Crippen LogP contribution in [0.25, 0.3) is 22.8 Å². The van der Waals surface area contributed by atoms with Crippen molar-refractivity contribution in [1.82, 2.24) is 10.1 Å². The van der Waals surface area contributed by atoms with E-state index in [0.29, 0.717) is 17.6 Å². The molecule has 3 aromatic rings. The van der Waals surface area contributed by atoms with Gasteiger partial charge in [0.25, 0.3) is 0 Å². The van der Waals surface area contributed by atoms with Crippen molar-refractivity contribution in [2.24, 2.45) is 0 Å². The SMILES string of the molecule is CC(C)Oc1[c-]cc(-c2nc(-c3cccc4c3CCC[C@H]4C)no2)cc1.[Y]. The quantitative estimate of drug-likeness (QED) is 0.512. The zero-order valence-electron chi connectivity index (χ0n) is 16.0. The second-order valence-corrected chi connectivity index (χ2v) is 7.20. The van der Waals surface area contributed by atoms with Crippen LogP contribution in [0.2, 0.25) is 0 Å². The largest absolute Gasteiger partial charge is 0.517 e. The van der Waals surface area contributed by atoms with Crippen LogP contribution >= 0.6 is 0 Å². The fraction of sp³-hybridized carbons (Fsp3) is 0.364. The van der Waals surface area contributed by atoms with E-state index in [9.17, 15) is 0 Å². The molecular formula is C22H23N2O2Y-.